The summed E-state index contributed by atoms with van der Waals surface area (Å²) in [5.41, 5.74) is 8.01. The molecule has 0 saturated heterocycles. The first-order valence-electron chi connectivity index (χ1n) is 5.84. The van der Waals surface area contributed by atoms with E-state index >= 15 is 0 Å². The fourth-order valence-corrected chi connectivity index (χ4v) is 2.44. The minimum atomic E-state index is 0.123. The van der Waals surface area contributed by atoms with Gasteiger partial charge < -0.3 is 11.1 Å². The molecule has 0 aliphatic heterocycles. The molecule has 0 unspecified atom stereocenters. The summed E-state index contributed by atoms with van der Waals surface area (Å²) in [5, 5.41) is 2.97. The maximum absolute atomic E-state index is 11.8. The van der Waals surface area contributed by atoms with E-state index in [0.29, 0.717) is 6.54 Å². The number of benzene rings is 1. The van der Waals surface area contributed by atoms with E-state index in [0.717, 1.165) is 22.9 Å². The van der Waals surface area contributed by atoms with Crippen LogP contribution in [0.15, 0.2) is 22.7 Å². The van der Waals surface area contributed by atoms with Gasteiger partial charge in [0.25, 0.3) is 0 Å². The minimum Gasteiger partial charge on any atom is -0.352 e. The van der Waals surface area contributed by atoms with Crippen LogP contribution in [0.5, 0.6) is 0 Å². The Labute approximate surface area is 110 Å². The lowest BCUT2D eigenvalue weighted by atomic mass is 9.80. The maximum atomic E-state index is 11.8. The molecule has 1 fully saturated rings. The zero-order chi connectivity index (χ0) is 12.4. The first-order chi connectivity index (χ1) is 8.06. The van der Waals surface area contributed by atoms with Gasteiger partial charge in [-0.25, -0.2) is 0 Å². The highest BCUT2D eigenvalue weighted by Crippen LogP contribution is 2.25. The van der Waals surface area contributed by atoms with E-state index in [1.807, 2.05) is 25.1 Å². The van der Waals surface area contributed by atoms with Gasteiger partial charge >= 0.3 is 0 Å². The minimum absolute atomic E-state index is 0.123. The first kappa shape index (κ1) is 12.6. The van der Waals surface area contributed by atoms with Crippen LogP contribution in [0, 0.1) is 12.8 Å². The van der Waals surface area contributed by atoms with Gasteiger partial charge in [0.15, 0.2) is 0 Å². The summed E-state index contributed by atoms with van der Waals surface area (Å²) in [6.45, 7) is 2.64. The van der Waals surface area contributed by atoms with Crippen LogP contribution in [0.25, 0.3) is 0 Å². The third-order valence-corrected chi connectivity index (χ3v) is 3.80. The van der Waals surface area contributed by atoms with Crippen LogP contribution in [-0.2, 0) is 11.3 Å². The van der Waals surface area contributed by atoms with Crippen LogP contribution >= 0.6 is 15.9 Å². The van der Waals surface area contributed by atoms with E-state index in [9.17, 15) is 4.79 Å². The lowest BCUT2D eigenvalue weighted by Gasteiger charge is -2.31. The number of nitrogens with two attached hydrogens (primary N) is 1. The molecule has 1 aromatic carbocycles. The first-order valence-corrected chi connectivity index (χ1v) is 6.64. The fraction of sp³-hybridized carbons (Fsp3) is 0.462. The van der Waals surface area contributed by atoms with Gasteiger partial charge in [-0.3, -0.25) is 4.79 Å². The number of hydrogen-bond acceptors (Lipinski definition) is 2. The maximum Gasteiger partial charge on any atom is 0.223 e. The van der Waals surface area contributed by atoms with Crippen LogP contribution in [-0.4, -0.2) is 11.9 Å². The molecule has 1 amide bonds. The molecular weight excluding hydrogens is 280 g/mol. The average molecular weight is 297 g/mol. The summed E-state index contributed by atoms with van der Waals surface area (Å²) in [4.78, 5) is 11.8. The zero-order valence-corrected chi connectivity index (χ0v) is 11.5. The van der Waals surface area contributed by atoms with Crippen LogP contribution < -0.4 is 11.1 Å². The number of halogens is 1. The van der Waals surface area contributed by atoms with E-state index < -0.39 is 0 Å². The molecule has 17 heavy (non-hydrogen) atoms. The van der Waals surface area contributed by atoms with E-state index in [1.54, 1.807) is 0 Å². The fourth-order valence-electron chi connectivity index (χ4n) is 2.03. The highest BCUT2D eigenvalue weighted by Gasteiger charge is 2.31. The Hall–Kier alpha value is -0.870. The standard InChI is InChI=1S/C13H17BrN2O/c1-8-2-3-11(14)4-10(8)7-16-13(17)9-5-12(15)6-9/h2-4,9,12H,5-7,15H2,1H3,(H,16,17). The molecule has 3 nitrogen and oxygen atoms in total. The van der Waals surface area contributed by atoms with Crippen molar-refractivity contribution in [2.45, 2.75) is 32.4 Å². The molecular formula is C13H17BrN2O. The van der Waals surface area contributed by atoms with E-state index in [2.05, 4.69) is 21.2 Å². The Balaban J connectivity index is 1.89. The van der Waals surface area contributed by atoms with Crippen molar-refractivity contribution in [2.24, 2.45) is 11.7 Å². The molecule has 0 bridgehead atoms. The second-order valence-corrected chi connectivity index (χ2v) is 5.63. The molecule has 0 spiro atoms. The van der Waals surface area contributed by atoms with E-state index in [1.165, 1.54) is 5.56 Å². The quantitative estimate of drug-likeness (QED) is 0.898. The van der Waals surface area contributed by atoms with Crippen molar-refractivity contribution < 1.29 is 4.79 Å². The van der Waals surface area contributed by atoms with Crippen LogP contribution in [0.4, 0.5) is 0 Å². The Bertz CT molecular complexity index is 427. The lowest BCUT2D eigenvalue weighted by Crippen LogP contribution is -2.44. The SMILES string of the molecule is Cc1ccc(Br)cc1CNC(=O)C1CC(N)C1. The molecule has 0 radical (unpaired) electrons. The topological polar surface area (TPSA) is 55.1 Å². The van der Waals surface area contributed by atoms with Gasteiger partial charge in [0, 0.05) is 23.0 Å². The second-order valence-electron chi connectivity index (χ2n) is 4.72. The van der Waals surface area contributed by atoms with Gasteiger partial charge in [0.1, 0.15) is 0 Å². The molecule has 3 N–H and O–H groups in total. The normalized spacial score (nSPS) is 23.0. The molecule has 1 aliphatic rings. The van der Waals surface area contributed by atoms with Crippen molar-refractivity contribution >= 4 is 21.8 Å². The summed E-state index contributed by atoms with van der Waals surface area (Å²) in [6, 6.07) is 6.32. The molecule has 0 heterocycles. The number of carbonyl (C=O) groups excluding carboxylic acids is 1. The number of nitrogens with one attached hydrogen (secondary N) is 1. The predicted octanol–water partition coefficient (Wildman–Crippen LogP) is 2.11. The molecule has 2 rings (SSSR count). The highest BCUT2D eigenvalue weighted by atomic mass is 79.9. The summed E-state index contributed by atoms with van der Waals surface area (Å²) in [6.07, 6.45) is 1.65. The molecule has 1 aliphatic carbocycles. The highest BCUT2D eigenvalue weighted by molar-refractivity contribution is 9.10. The molecule has 4 heteroatoms. The largest absolute Gasteiger partial charge is 0.352 e. The van der Waals surface area contributed by atoms with Crippen molar-refractivity contribution in [3.63, 3.8) is 0 Å². The monoisotopic (exact) mass is 296 g/mol. The number of amides is 1. The van der Waals surface area contributed by atoms with Crippen LogP contribution in [0.2, 0.25) is 0 Å². The number of hydrogen-bond donors (Lipinski definition) is 2. The van der Waals surface area contributed by atoms with Crippen LogP contribution in [0.3, 0.4) is 0 Å². The Morgan fingerprint density at radius 1 is 1.53 bits per heavy atom. The summed E-state index contributed by atoms with van der Waals surface area (Å²) < 4.78 is 1.04. The van der Waals surface area contributed by atoms with Gasteiger partial charge in [0.2, 0.25) is 5.91 Å². The van der Waals surface area contributed by atoms with Crippen molar-refractivity contribution in [3.8, 4) is 0 Å². The summed E-state index contributed by atoms with van der Waals surface area (Å²) in [5.74, 6) is 0.253. The molecule has 0 aromatic heterocycles. The molecule has 1 aromatic rings. The smallest absolute Gasteiger partial charge is 0.223 e. The number of carbonyl (C=O) groups is 1. The second kappa shape index (κ2) is 5.19. The average Bonchev–Trinajstić information content (AvgIpc) is 2.26. The zero-order valence-electron chi connectivity index (χ0n) is 9.87. The molecule has 92 valence electrons. The number of aryl methyl sites for hydroxylation is 1. The summed E-state index contributed by atoms with van der Waals surface area (Å²) >= 11 is 3.44. The van der Waals surface area contributed by atoms with Crippen molar-refractivity contribution in [3.05, 3.63) is 33.8 Å². The van der Waals surface area contributed by atoms with Gasteiger partial charge in [-0.05, 0) is 43.0 Å². The molecule has 1 saturated carbocycles. The van der Waals surface area contributed by atoms with Crippen molar-refractivity contribution in [1.82, 2.24) is 5.32 Å². The third kappa shape index (κ3) is 3.07. The van der Waals surface area contributed by atoms with Crippen molar-refractivity contribution in [1.29, 1.82) is 0 Å². The van der Waals surface area contributed by atoms with Crippen molar-refractivity contribution in [2.75, 3.05) is 0 Å². The van der Waals surface area contributed by atoms with Gasteiger partial charge in [-0.15, -0.1) is 0 Å². The number of rotatable bonds is 3. The van der Waals surface area contributed by atoms with E-state index in [-0.39, 0.29) is 17.9 Å². The Kier molecular flexibility index (Phi) is 3.84. The van der Waals surface area contributed by atoms with E-state index in [4.69, 9.17) is 5.73 Å². The third-order valence-electron chi connectivity index (χ3n) is 3.31. The van der Waals surface area contributed by atoms with Crippen LogP contribution in [0.1, 0.15) is 24.0 Å². The van der Waals surface area contributed by atoms with Gasteiger partial charge in [-0.2, -0.15) is 0 Å². The lowest BCUT2D eigenvalue weighted by molar-refractivity contribution is -0.128. The van der Waals surface area contributed by atoms with Gasteiger partial charge in [0.05, 0.1) is 0 Å². The molecule has 0 atom stereocenters. The predicted molar refractivity (Wildman–Crippen MR) is 71.4 cm³/mol. The Morgan fingerprint density at radius 2 is 2.24 bits per heavy atom. The van der Waals surface area contributed by atoms with Gasteiger partial charge in [-0.1, -0.05) is 22.0 Å². The summed E-state index contributed by atoms with van der Waals surface area (Å²) in [7, 11) is 0. The Morgan fingerprint density at radius 3 is 2.88 bits per heavy atom.